The monoisotopic (exact) mass is 643 g/mol. The third-order valence-corrected chi connectivity index (χ3v) is 7.09. The first kappa shape index (κ1) is 32.7. The lowest BCUT2D eigenvalue weighted by atomic mass is 10.1. The molecule has 1 amide bonds. The predicted molar refractivity (Wildman–Crippen MR) is 179 cm³/mol. The van der Waals surface area contributed by atoms with E-state index < -0.39 is 23.8 Å². The number of carboxylic acid groups (broad SMARTS) is 3. The molecule has 0 aliphatic heterocycles. The molecule has 48 heavy (non-hydrogen) atoms. The number of hydrogen-bond donors (Lipinski definition) is 4. The van der Waals surface area contributed by atoms with Gasteiger partial charge in [0.05, 0.1) is 22.4 Å². The Labute approximate surface area is 275 Å². The van der Waals surface area contributed by atoms with Gasteiger partial charge >= 0.3 is 17.9 Å². The lowest BCUT2D eigenvalue weighted by molar-refractivity contribution is 0.0686. The molecule has 0 bridgehead atoms. The fourth-order valence-corrected chi connectivity index (χ4v) is 4.69. The molecule has 10 nitrogen and oxygen atoms in total. The number of ether oxygens (including phenoxy) is 2. The smallest absolute Gasteiger partial charge is 0.337 e. The Balaban J connectivity index is 1.40. The summed E-state index contributed by atoms with van der Waals surface area (Å²) in [6, 6.07) is 31.0. The maximum atomic E-state index is 13.5. The van der Waals surface area contributed by atoms with Crippen LogP contribution < -0.4 is 14.8 Å². The summed E-state index contributed by atoms with van der Waals surface area (Å²) in [5.41, 5.74) is 2.95. The molecule has 0 radical (unpaired) electrons. The normalized spacial score (nSPS) is 10.8. The van der Waals surface area contributed by atoms with Gasteiger partial charge in [-0.1, -0.05) is 72.8 Å². The average molecular weight is 644 g/mol. The molecular weight excluding hydrogens is 614 g/mol. The van der Waals surface area contributed by atoms with Crippen molar-refractivity contribution in [2.75, 3.05) is 5.32 Å². The molecule has 0 atom stereocenters. The fraction of sp³-hybridized carbons (Fsp3) is 0.0526. The number of amides is 1. The molecule has 5 rings (SSSR count). The van der Waals surface area contributed by atoms with Crippen LogP contribution >= 0.6 is 0 Å². The molecule has 4 N–H and O–H groups in total. The van der Waals surface area contributed by atoms with Crippen molar-refractivity contribution in [1.82, 2.24) is 0 Å². The van der Waals surface area contributed by atoms with Crippen molar-refractivity contribution in [3.8, 4) is 11.5 Å². The summed E-state index contributed by atoms with van der Waals surface area (Å²) < 4.78 is 11.8. The first-order valence-corrected chi connectivity index (χ1v) is 14.6. The highest BCUT2D eigenvalue weighted by molar-refractivity contribution is 6.08. The van der Waals surface area contributed by atoms with Crippen molar-refractivity contribution in [2.45, 2.75) is 13.2 Å². The highest BCUT2D eigenvalue weighted by Crippen LogP contribution is 2.27. The third kappa shape index (κ3) is 8.73. The number of carboxylic acids is 3. The second-order valence-electron chi connectivity index (χ2n) is 10.6. The molecule has 0 spiro atoms. The van der Waals surface area contributed by atoms with Gasteiger partial charge in [-0.25, -0.2) is 14.4 Å². The first-order chi connectivity index (χ1) is 23.1. The van der Waals surface area contributed by atoms with Gasteiger partial charge in [0, 0.05) is 11.6 Å². The summed E-state index contributed by atoms with van der Waals surface area (Å²) in [5.74, 6) is -3.59. The molecule has 0 saturated heterocycles. The first-order valence-electron chi connectivity index (χ1n) is 14.6. The van der Waals surface area contributed by atoms with E-state index in [1.807, 2.05) is 36.4 Å². The van der Waals surface area contributed by atoms with E-state index in [4.69, 9.17) is 9.47 Å². The molecule has 0 aliphatic rings. The quantitative estimate of drug-likeness (QED) is 0.0961. The molecule has 0 saturated carbocycles. The van der Waals surface area contributed by atoms with Crippen LogP contribution in [0.25, 0.3) is 12.2 Å². The SMILES string of the molecule is O=C(O)c1cccc(COc2cc(OCc3cccc(C(=O)O)c3)cc(C(=O)Nc3ccc(/C=C/c4ccccc4)cc3C(=O)O)c2)c1. The van der Waals surface area contributed by atoms with Crippen LogP contribution in [-0.4, -0.2) is 39.1 Å². The maximum Gasteiger partial charge on any atom is 0.337 e. The maximum absolute atomic E-state index is 13.5. The van der Waals surface area contributed by atoms with Crippen LogP contribution in [0.5, 0.6) is 11.5 Å². The molecule has 0 unspecified atom stereocenters. The minimum atomic E-state index is -1.23. The van der Waals surface area contributed by atoms with Gasteiger partial charge in [-0.2, -0.15) is 0 Å². The fourth-order valence-electron chi connectivity index (χ4n) is 4.69. The van der Waals surface area contributed by atoms with Gasteiger partial charge in [0.1, 0.15) is 24.7 Å². The summed E-state index contributed by atoms with van der Waals surface area (Å²) in [7, 11) is 0. The van der Waals surface area contributed by atoms with Gasteiger partial charge in [0.2, 0.25) is 0 Å². The van der Waals surface area contributed by atoms with Crippen LogP contribution in [0.1, 0.15) is 63.7 Å². The van der Waals surface area contributed by atoms with Crippen molar-refractivity contribution in [3.63, 3.8) is 0 Å². The largest absolute Gasteiger partial charge is 0.489 e. The molecular formula is C38H29NO9. The minimum Gasteiger partial charge on any atom is -0.489 e. The van der Waals surface area contributed by atoms with Gasteiger partial charge in [0.15, 0.2) is 0 Å². The van der Waals surface area contributed by atoms with Gasteiger partial charge < -0.3 is 30.1 Å². The van der Waals surface area contributed by atoms with E-state index in [0.717, 1.165) is 5.56 Å². The van der Waals surface area contributed by atoms with Crippen LogP contribution in [-0.2, 0) is 13.2 Å². The molecule has 5 aromatic carbocycles. The third-order valence-electron chi connectivity index (χ3n) is 7.09. The van der Waals surface area contributed by atoms with Crippen LogP contribution in [0.4, 0.5) is 5.69 Å². The average Bonchev–Trinajstić information content (AvgIpc) is 3.10. The topological polar surface area (TPSA) is 159 Å². The van der Waals surface area contributed by atoms with Crippen molar-refractivity contribution in [2.24, 2.45) is 0 Å². The van der Waals surface area contributed by atoms with Crippen LogP contribution in [0.2, 0.25) is 0 Å². The van der Waals surface area contributed by atoms with Crippen LogP contribution in [0.15, 0.2) is 115 Å². The molecule has 5 aromatic rings. The molecule has 0 aromatic heterocycles. The van der Waals surface area contributed by atoms with Crippen LogP contribution in [0.3, 0.4) is 0 Å². The number of benzene rings is 5. The van der Waals surface area contributed by atoms with E-state index in [1.54, 1.807) is 36.4 Å². The zero-order valence-corrected chi connectivity index (χ0v) is 25.3. The molecule has 0 aliphatic carbocycles. The lowest BCUT2D eigenvalue weighted by Gasteiger charge is -2.14. The number of nitrogens with one attached hydrogen (secondary N) is 1. The summed E-state index contributed by atoms with van der Waals surface area (Å²) in [6.07, 6.45) is 3.62. The predicted octanol–water partition coefficient (Wildman–Crippen LogP) is 7.36. The minimum absolute atomic E-state index is 0.0204. The lowest BCUT2D eigenvalue weighted by Crippen LogP contribution is -2.15. The summed E-state index contributed by atoms with van der Waals surface area (Å²) >= 11 is 0. The van der Waals surface area contributed by atoms with Crippen molar-refractivity contribution >= 4 is 41.7 Å². The van der Waals surface area contributed by atoms with Gasteiger partial charge in [-0.05, 0) is 70.8 Å². The van der Waals surface area contributed by atoms with Crippen LogP contribution in [0, 0.1) is 0 Å². The van der Waals surface area contributed by atoms with Gasteiger partial charge in [-0.15, -0.1) is 0 Å². The zero-order valence-electron chi connectivity index (χ0n) is 25.3. The Morgan fingerprint density at radius 1 is 0.542 bits per heavy atom. The Bertz CT molecular complexity index is 1940. The highest BCUT2D eigenvalue weighted by atomic mass is 16.5. The van der Waals surface area contributed by atoms with E-state index in [0.29, 0.717) is 16.7 Å². The van der Waals surface area contributed by atoms with E-state index in [1.165, 1.54) is 54.6 Å². The number of rotatable bonds is 13. The Kier molecular flexibility index (Phi) is 10.3. The number of aromatic carboxylic acids is 3. The highest BCUT2D eigenvalue weighted by Gasteiger charge is 2.17. The number of anilines is 1. The standard InChI is InChI=1S/C38H29NO9/c40-35(39-34-15-14-25(18-33(34)38(45)46)13-12-24-6-2-1-3-7-24)30-19-31(47-22-26-8-4-10-28(16-26)36(41)42)21-32(20-30)48-23-27-9-5-11-29(17-27)37(43)44/h1-21H,22-23H2,(H,39,40)(H,41,42)(H,43,44)(H,45,46)/b13-12+. The zero-order chi connectivity index (χ0) is 34.0. The van der Waals surface area contributed by atoms with Crippen molar-refractivity contribution in [3.05, 3.63) is 160 Å². The summed E-state index contributed by atoms with van der Waals surface area (Å²) in [6.45, 7) is -0.0408. The second kappa shape index (κ2) is 15.1. The number of hydrogen-bond acceptors (Lipinski definition) is 6. The van der Waals surface area contributed by atoms with E-state index in [2.05, 4.69) is 5.32 Å². The van der Waals surface area contributed by atoms with E-state index in [-0.39, 0.29) is 52.7 Å². The summed E-state index contributed by atoms with van der Waals surface area (Å²) in [4.78, 5) is 48.5. The van der Waals surface area contributed by atoms with Gasteiger partial charge in [0.25, 0.3) is 5.91 Å². The molecule has 10 heteroatoms. The van der Waals surface area contributed by atoms with Gasteiger partial charge in [-0.3, -0.25) is 4.79 Å². The Hall–Kier alpha value is -6.68. The second-order valence-corrected chi connectivity index (χ2v) is 10.6. The Morgan fingerprint density at radius 2 is 1.10 bits per heavy atom. The Morgan fingerprint density at radius 3 is 1.65 bits per heavy atom. The molecule has 0 heterocycles. The number of carbonyl (C=O) groups excluding carboxylic acids is 1. The molecule has 240 valence electrons. The summed E-state index contributed by atoms with van der Waals surface area (Å²) in [5, 5.41) is 31.2. The van der Waals surface area contributed by atoms with Crippen molar-refractivity contribution < 1.29 is 44.0 Å². The van der Waals surface area contributed by atoms with Crippen molar-refractivity contribution in [1.29, 1.82) is 0 Å². The molecule has 0 fully saturated rings. The van der Waals surface area contributed by atoms with E-state index in [9.17, 15) is 34.5 Å². The van der Waals surface area contributed by atoms with E-state index >= 15 is 0 Å². The number of carbonyl (C=O) groups is 4.